The minimum Gasteiger partial charge on any atom is -0.294 e. The van der Waals surface area contributed by atoms with Crippen molar-refractivity contribution in [2.75, 3.05) is 0 Å². The van der Waals surface area contributed by atoms with Gasteiger partial charge >= 0.3 is 0 Å². The van der Waals surface area contributed by atoms with E-state index >= 15 is 0 Å². The van der Waals surface area contributed by atoms with Gasteiger partial charge in [-0.3, -0.25) is 15.0 Å². The molecule has 0 aliphatic carbocycles. The van der Waals surface area contributed by atoms with Gasteiger partial charge in [0.25, 0.3) is 0 Å². The predicted molar refractivity (Wildman–Crippen MR) is 27.3 cm³/mol. The lowest BCUT2D eigenvalue weighted by atomic mass is 10.3. The molecule has 0 atom stereocenters. The molecule has 0 aromatic rings. The Bertz CT molecular complexity index is 92.0. The summed E-state index contributed by atoms with van der Waals surface area (Å²) in [5.74, 6) is 4.34. The lowest BCUT2D eigenvalue weighted by molar-refractivity contribution is -0.121. The molecule has 0 bridgehead atoms. The first-order valence-electron chi connectivity index (χ1n) is 2.15. The third-order valence-electron chi connectivity index (χ3n) is 0.615. The largest absolute Gasteiger partial charge is 0.294 e. The van der Waals surface area contributed by atoms with Gasteiger partial charge in [-0.05, 0) is 0 Å². The maximum atomic E-state index is 10.2. The van der Waals surface area contributed by atoms with Crippen molar-refractivity contribution in [3.8, 4) is 0 Å². The number of carbonyl (C=O) groups excluding carboxylic acids is 2. The highest BCUT2D eigenvalue weighted by atomic mass is 16.2. The smallest absolute Gasteiger partial charge is 0.234 e. The van der Waals surface area contributed by atoms with Gasteiger partial charge in [-0.1, -0.05) is 0 Å². The number of rotatable bonds is 3. The van der Waals surface area contributed by atoms with E-state index < -0.39 is 0 Å². The fourth-order valence-electron chi connectivity index (χ4n) is 0.237. The molecule has 1 amide bonds. The van der Waals surface area contributed by atoms with Crippen LogP contribution in [-0.2, 0) is 9.59 Å². The Morgan fingerprint density at radius 2 is 2.38 bits per heavy atom. The number of hydrogen-bond acceptors (Lipinski definition) is 3. The summed E-state index contributed by atoms with van der Waals surface area (Å²) in [6.07, 6.45) is 1.81. The van der Waals surface area contributed by atoms with Crippen LogP contribution in [0.25, 0.3) is 0 Å². The van der Waals surface area contributed by atoms with Gasteiger partial charge < -0.3 is 0 Å². The summed E-state index contributed by atoms with van der Waals surface area (Å²) in [5, 5.41) is 0. The molecule has 0 heterocycles. The van der Waals surface area contributed by atoms with E-state index in [0.29, 0.717) is 0 Å². The summed E-state index contributed by atoms with van der Waals surface area (Å²) in [6.45, 7) is 0. The summed E-state index contributed by atoms with van der Waals surface area (Å²) in [6, 6.07) is 0. The van der Waals surface area contributed by atoms with Gasteiger partial charge in [-0.25, -0.2) is 5.84 Å². The van der Waals surface area contributed by atoms with Crippen molar-refractivity contribution >= 4 is 12.2 Å². The molecule has 0 aliphatic heterocycles. The second-order valence-electron chi connectivity index (χ2n) is 1.21. The molecule has 3 N–H and O–H groups in total. The molecule has 4 nitrogen and oxygen atoms in total. The van der Waals surface area contributed by atoms with E-state index in [9.17, 15) is 9.59 Å². The number of nitrogens with one attached hydrogen (secondary N) is 1. The lowest BCUT2D eigenvalue weighted by Crippen LogP contribution is -2.29. The zero-order valence-electron chi connectivity index (χ0n) is 4.31. The Labute approximate surface area is 47.0 Å². The average Bonchev–Trinajstić information content (AvgIpc) is 1.83. The molecule has 4 heteroatoms. The van der Waals surface area contributed by atoms with Crippen molar-refractivity contribution in [2.24, 2.45) is 5.84 Å². The Kier molecular flexibility index (Phi) is 3.78. The highest BCUT2D eigenvalue weighted by Crippen LogP contribution is 1.80. The number of nitrogens with two attached hydrogens (primary N) is 1. The quantitative estimate of drug-likeness (QED) is 0.277. The average molecular weight is 115 g/mol. The zero-order chi connectivity index (χ0) is 6.41. The maximum absolute atomic E-state index is 10.2. The third kappa shape index (κ3) is 3.30. The molecule has 0 aromatic heterocycles. The molecular formula is C4H7N2O2. The Morgan fingerprint density at radius 1 is 1.75 bits per heavy atom. The van der Waals surface area contributed by atoms with Crippen molar-refractivity contribution < 1.29 is 9.59 Å². The van der Waals surface area contributed by atoms with Crippen LogP contribution < -0.4 is 11.3 Å². The van der Waals surface area contributed by atoms with Crippen LogP contribution in [0.4, 0.5) is 0 Å². The minimum atomic E-state index is -0.339. The van der Waals surface area contributed by atoms with Crippen molar-refractivity contribution in [1.29, 1.82) is 0 Å². The van der Waals surface area contributed by atoms with Crippen molar-refractivity contribution in [3.05, 3.63) is 0 Å². The van der Waals surface area contributed by atoms with Crippen LogP contribution in [0.3, 0.4) is 0 Å². The molecule has 0 aliphatic rings. The van der Waals surface area contributed by atoms with E-state index in [4.69, 9.17) is 0 Å². The van der Waals surface area contributed by atoms with E-state index in [0.717, 1.165) is 0 Å². The molecule has 8 heavy (non-hydrogen) atoms. The van der Waals surface area contributed by atoms with Crippen LogP contribution in [0.15, 0.2) is 0 Å². The van der Waals surface area contributed by atoms with Crippen LogP contribution in [0.2, 0.25) is 0 Å². The number of hydrazine groups is 1. The molecule has 0 fully saturated rings. The van der Waals surface area contributed by atoms with Crippen molar-refractivity contribution in [1.82, 2.24) is 5.43 Å². The van der Waals surface area contributed by atoms with Crippen LogP contribution >= 0.6 is 0 Å². The monoisotopic (exact) mass is 115 g/mol. The molecule has 1 radical (unpaired) electrons. The van der Waals surface area contributed by atoms with E-state index in [1.54, 1.807) is 6.29 Å². The molecule has 0 aromatic carbocycles. The molecule has 45 valence electrons. The van der Waals surface area contributed by atoms with E-state index in [1.807, 2.05) is 5.43 Å². The number of amides is 1. The van der Waals surface area contributed by atoms with E-state index in [2.05, 4.69) is 5.84 Å². The van der Waals surface area contributed by atoms with Crippen LogP contribution in [0.1, 0.15) is 12.8 Å². The van der Waals surface area contributed by atoms with Gasteiger partial charge in [-0.15, -0.1) is 0 Å². The summed E-state index contributed by atoms with van der Waals surface area (Å²) >= 11 is 0. The van der Waals surface area contributed by atoms with Gasteiger partial charge in [0, 0.05) is 12.8 Å². The molecule has 0 saturated carbocycles. The minimum absolute atomic E-state index is 0.114. The molecule has 0 spiro atoms. The maximum Gasteiger partial charge on any atom is 0.234 e. The van der Waals surface area contributed by atoms with E-state index in [-0.39, 0.29) is 18.7 Å². The second-order valence-corrected chi connectivity index (χ2v) is 1.21. The fraction of sp³-hybridized carbons (Fsp3) is 0.500. The van der Waals surface area contributed by atoms with Gasteiger partial charge in [0.15, 0.2) is 6.29 Å². The van der Waals surface area contributed by atoms with Gasteiger partial charge in [0.2, 0.25) is 5.91 Å². The Balaban J connectivity index is 3.11. The summed E-state index contributed by atoms with van der Waals surface area (Å²) in [5.41, 5.74) is 1.88. The van der Waals surface area contributed by atoms with Gasteiger partial charge in [-0.2, -0.15) is 0 Å². The number of hydrogen-bond donors (Lipinski definition) is 2. The van der Waals surface area contributed by atoms with Crippen molar-refractivity contribution in [2.45, 2.75) is 12.8 Å². The number of carbonyl (C=O) groups is 1. The topological polar surface area (TPSA) is 72.2 Å². The summed E-state index contributed by atoms with van der Waals surface area (Å²) in [7, 11) is 0. The highest BCUT2D eigenvalue weighted by Gasteiger charge is 1.94. The summed E-state index contributed by atoms with van der Waals surface area (Å²) in [4.78, 5) is 19.6. The Morgan fingerprint density at radius 3 is 2.75 bits per heavy atom. The normalized spacial score (nSPS) is 8.12. The fourth-order valence-corrected chi connectivity index (χ4v) is 0.237. The van der Waals surface area contributed by atoms with Crippen LogP contribution in [0.5, 0.6) is 0 Å². The van der Waals surface area contributed by atoms with Crippen LogP contribution in [0, 0.1) is 0 Å². The first kappa shape index (κ1) is 7.10. The third-order valence-corrected chi connectivity index (χ3v) is 0.615. The van der Waals surface area contributed by atoms with Gasteiger partial charge in [0.05, 0.1) is 0 Å². The van der Waals surface area contributed by atoms with Crippen LogP contribution in [-0.4, -0.2) is 12.2 Å². The molecule has 0 rings (SSSR count). The first-order chi connectivity index (χ1) is 3.81. The van der Waals surface area contributed by atoms with Crippen molar-refractivity contribution in [3.63, 3.8) is 0 Å². The second kappa shape index (κ2) is 4.26. The predicted octanol–water partition coefficient (Wildman–Crippen LogP) is -1.13. The summed E-state index contributed by atoms with van der Waals surface area (Å²) < 4.78 is 0. The first-order valence-corrected chi connectivity index (χ1v) is 2.15. The zero-order valence-corrected chi connectivity index (χ0v) is 4.31. The molecule has 0 saturated heterocycles. The standard InChI is InChI=1S/C4H7N2O2/c5-6-4(8)2-1-3-7/h1-2,5H2,(H,6,8). The van der Waals surface area contributed by atoms with E-state index in [1.165, 1.54) is 0 Å². The molecule has 0 unspecified atom stereocenters. The highest BCUT2D eigenvalue weighted by molar-refractivity contribution is 5.77. The Hall–Kier alpha value is -0.900. The SMILES string of the molecule is NNC(=O)CC[C]=O. The lowest BCUT2D eigenvalue weighted by Gasteiger charge is -1.90. The molecular weight excluding hydrogens is 108 g/mol. The van der Waals surface area contributed by atoms with Gasteiger partial charge in [0.1, 0.15) is 0 Å².